The number of hydrogen-bond acceptors (Lipinski definition) is 3. The van der Waals surface area contributed by atoms with Crippen LogP contribution in [0.15, 0.2) is 21.4 Å². The van der Waals surface area contributed by atoms with Gasteiger partial charge in [0.05, 0.1) is 24.5 Å². The Hall–Kier alpha value is -0.330. The van der Waals surface area contributed by atoms with E-state index in [1.54, 1.807) is 6.07 Å². The zero-order chi connectivity index (χ0) is 13.0. The summed E-state index contributed by atoms with van der Waals surface area (Å²) in [6.45, 7) is 2.21. The number of alkyl halides is 1. The Labute approximate surface area is 123 Å². The van der Waals surface area contributed by atoms with E-state index in [2.05, 4.69) is 31.9 Å². The molecule has 2 rings (SSSR count). The number of carbonyl (C=O) groups is 1. The number of ether oxygens (including phenoxy) is 1. The maximum absolute atomic E-state index is 12.2. The second-order valence-corrected chi connectivity index (χ2v) is 5.67. The summed E-state index contributed by atoms with van der Waals surface area (Å²) in [7, 11) is 0. The van der Waals surface area contributed by atoms with Gasteiger partial charge in [-0.1, -0.05) is 15.9 Å². The van der Waals surface area contributed by atoms with Gasteiger partial charge in [-0.3, -0.25) is 4.79 Å². The zero-order valence-electron chi connectivity index (χ0n) is 9.90. The third-order valence-corrected chi connectivity index (χ3v) is 3.95. The fraction of sp³-hybridized carbons (Fsp3) is 0.583. The summed E-state index contributed by atoms with van der Waals surface area (Å²) in [5, 5.41) is 0.855. The van der Waals surface area contributed by atoms with E-state index in [0.29, 0.717) is 10.2 Å². The summed E-state index contributed by atoms with van der Waals surface area (Å²) in [6.07, 6.45) is 3.59. The lowest BCUT2D eigenvalue weighted by atomic mass is 10.1. The minimum absolute atomic E-state index is 0.0227. The van der Waals surface area contributed by atoms with Crippen molar-refractivity contribution < 1.29 is 13.9 Å². The SMILES string of the molecule is O=C(c1ccoc1Br)N1CCC(OCCBr)CC1. The van der Waals surface area contributed by atoms with E-state index in [9.17, 15) is 4.79 Å². The van der Waals surface area contributed by atoms with Crippen LogP contribution in [0.25, 0.3) is 0 Å². The summed E-state index contributed by atoms with van der Waals surface area (Å²) in [5.41, 5.74) is 0.592. The van der Waals surface area contributed by atoms with Crippen LogP contribution in [-0.4, -0.2) is 41.9 Å². The molecule has 1 aromatic rings. The van der Waals surface area contributed by atoms with E-state index in [1.807, 2.05) is 4.90 Å². The van der Waals surface area contributed by atoms with Crippen LogP contribution in [0, 0.1) is 0 Å². The zero-order valence-corrected chi connectivity index (χ0v) is 13.1. The smallest absolute Gasteiger partial charge is 0.258 e. The van der Waals surface area contributed by atoms with Crippen molar-refractivity contribution in [2.75, 3.05) is 25.0 Å². The van der Waals surface area contributed by atoms with Gasteiger partial charge in [0.25, 0.3) is 5.91 Å². The number of furan rings is 1. The van der Waals surface area contributed by atoms with E-state index < -0.39 is 0 Å². The Morgan fingerprint density at radius 2 is 2.22 bits per heavy atom. The second-order valence-electron chi connectivity index (χ2n) is 4.16. The van der Waals surface area contributed by atoms with Crippen molar-refractivity contribution in [1.82, 2.24) is 4.90 Å². The summed E-state index contributed by atoms with van der Waals surface area (Å²) in [4.78, 5) is 14.0. The van der Waals surface area contributed by atoms with Crippen molar-refractivity contribution in [2.45, 2.75) is 18.9 Å². The molecule has 1 amide bonds. The van der Waals surface area contributed by atoms with E-state index in [0.717, 1.165) is 37.9 Å². The minimum atomic E-state index is 0.0227. The first-order valence-electron chi connectivity index (χ1n) is 5.92. The number of carbonyl (C=O) groups excluding carboxylic acids is 1. The largest absolute Gasteiger partial charge is 0.457 e. The van der Waals surface area contributed by atoms with Gasteiger partial charge in [-0.15, -0.1) is 0 Å². The molecule has 0 spiro atoms. The van der Waals surface area contributed by atoms with Gasteiger partial charge < -0.3 is 14.1 Å². The third kappa shape index (κ3) is 3.36. The van der Waals surface area contributed by atoms with E-state index in [1.165, 1.54) is 6.26 Å². The fourth-order valence-electron chi connectivity index (χ4n) is 2.05. The number of nitrogens with zero attached hydrogens (tertiary/aromatic N) is 1. The van der Waals surface area contributed by atoms with E-state index in [-0.39, 0.29) is 12.0 Å². The Balaban J connectivity index is 1.86. The molecule has 1 fully saturated rings. The third-order valence-electron chi connectivity index (χ3n) is 3.01. The molecule has 0 atom stereocenters. The summed E-state index contributed by atoms with van der Waals surface area (Å²) >= 11 is 6.58. The van der Waals surface area contributed by atoms with Crippen molar-refractivity contribution in [3.63, 3.8) is 0 Å². The molecule has 1 saturated heterocycles. The van der Waals surface area contributed by atoms with E-state index in [4.69, 9.17) is 9.15 Å². The molecule has 100 valence electrons. The van der Waals surface area contributed by atoms with E-state index >= 15 is 0 Å². The number of halogens is 2. The predicted octanol–water partition coefficient (Wildman–Crippen LogP) is 3.06. The Bertz CT molecular complexity index is 400. The van der Waals surface area contributed by atoms with Crippen LogP contribution in [0.1, 0.15) is 23.2 Å². The molecule has 1 aromatic heterocycles. The molecular formula is C12H15Br2NO3. The number of likely N-dealkylation sites (tertiary alicyclic amines) is 1. The number of rotatable bonds is 4. The molecule has 1 aliphatic rings. The molecular weight excluding hydrogens is 366 g/mol. The minimum Gasteiger partial charge on any atom is -0.457 e. The lowest BCUT2D eigenvalue weighted by molar-refractivity contribution is 0.0159. The lowest BCUT2D eigenvalue weighted by Gasteiger charge is -2.31. The van der Waals surface area contributed by atoms with Gasteiger partial charge in [0.2, 0.25) is 0 Å². The maximum Gasteiger partial charge on any atom is 0.258 e. The normalized spacial score (nSPS) is 17.1. The molecule has 6 heteroatoms. The predicted molar refractivity (Wildman–Crippen MR) is 75.1 cm³/mol. The fourth-order valence-corrected chi connectivity index (χ4v) is 2.65. The maximum atomic E-state index is 12.2. The Morgan fingerprint density at radius 1 is 1.50 bits per heavy atom. The monoisotopic (exact) mass is 379 g/mol. The molecule has 2 heterocycles. The molecule has 0 aromatic carbocycles. The highest BCUT2D eigenvalue weighted by atomic mass is 79.9. The second kappa shape index (κ2) is 6.73. The van der Waals surface area contributed by atoms with Crippen LogP contribution in [0.4, 0.5) is 0 Å². The number of amides is 1. The van der Waals surface area contributed by atoms with Crippen molar-refractivity contribution in [3.8, 4) is 0 Å². The van der Waals surface area contributed by atoms with Gasteiger partial charge in [-0.25, -0.2) is 0 Å². The molecule has 0 aliphatic carbocycles. The van der Waals surface area contributed by atoms with Gasteiger partial charge in [0, 0.05) is 18.4 Å². The standard InChI is InChI=1S/C12H15Br2NO3/c13-4-8-17-9-1-5-15(6-2-9)12(16)10-3-7-18-11(10)14/h3,7,9H,1-2,4-6,8H2. The average molecular weight is 381 g/mol. The molecule has 1 aliphatic heterocycles. The number of piperidine rings is 1. The molecule has 18 heavy (non-hydrogen) atoms. The molecule has 0 bridgehead atoms. The van der Waals surface area contributed by atoms with Crippen molar-refractivity contribution in [3.05, 3.63) is 22.6 Å². The van der Waals surface area contributed by atoms with Crippen LogP contribution < -0.4 is 0 Å². The van der Waals surface area contributed by atoms with Gasteiger partial charge in [0.1, 0.15) is 0 Å². The first kappa shape index (κ1) is 14.1. The van der Waals surface area contributed by atoms with Crippen LogP contribution in [0.5, 0.6) is 0 Å². The molecule has 0 N–H and O–H groups in total. The molecule has 4 nitrogen and oxygen atoms in total. The summed E-state index contributed by atoms with van der Waals surface area (Å²) < 4.78 is 11.3. The molecule has 0 unspecified atom stereocenters. The number of hydrogen-bond donors (Lipinski definition) is 0. The first-order valence-corrected chi connectivity index (χ1v) is 7.83. The Morgan fingerprint density at radius 3 is 2.78 bits per heavy atom. The first-order chi connectivity index (χ1) is 8.72. The van der Waals surface area contributed by atoms with Gasteiger partial charge in [-0.2, -0.15) is 0 Å². The van der Waals surface area contributed by atoms with Gasteiger partial charge >= 0.3 is 0 Å². The highest BCUT2D eigenvalue weighted by molar-refractivity contribution is 9.10. The van der Waals surface area contributed by atoms with Crippen LogP contribution in [0.2, 0.25) is 0 Å². The summed E-state index contributed by atoms with van der Waals surface area (Å²) in [6, 6.07) is 1.69. The highest BCUT2D eigenvalue weighted by Gasteiger charge is 2.25. The van der Waals surface area contributed by atoms with Crippen molar-refractivity contribution in [2.24, 2.45) is 0 Å². The van der Waals surface area contributed by atoms with Crippen LogP contribution in [0.3, 0.4) is 0 Å². The highest BCUT2D eigenvalue weighted by Crippen LogP contribution is 2.22. The van der Waals surface area contributed by atoms with Crippen molar-refractivity contribution >= 4 is 37.8 Å². The van der Waals surface area contributed by atoms with Crippen LogP contribution in [-0.2, 0) is 4.74 Å². The topological polar surface area (TPSA) is 42.7 Å². The summed E-state index contributed by atoms with van der Waals surface area (Å²) in [5.74, 6) is 0.0227. The molecule has 0 radical (unpaired) electrons. The van der Waals surface area contributed by atoms with Gasteiger partial charge in [0.15, 0.2) is 4.67 Å². The van der Waals surface area contributed by atoms with Crippen LogP contribution >= 0.6 is 31.9 Å². The Kier molecular flexibility index (Phi) is 5.26. The van der Waals surface area contributed by atoms with Gasteiger partial charge in [-0.05, 0) is 34.8 Å². The average Bonchev–Trinajstić information content (AvgIpc) is 2.82. The lowest BCUT2D eigenvalue weighted by Crippen LogP contribution is -2.41. The quantitative estimate of drug-likeness (QED) is 0.754. The molecule has 0 saturated carbocycles. The van der Waals surface area contributed by atoms with Crippen molar-refractivity contribution in [1.29, 1.82) is 0 Å².